The molecule has 1 aliphatic rings. The minimum absolute atomic E-state index is 0.0132. The molecule has 1 N–H and O–H groups in total. The molecule has 2 heterocycles. The zero-order valence-corrected chi connectivity index (χ0v) is 19.1. The van der Waals surface area contributed by atoms with E-state index in [1.54, 1.807) is 23.0 Å². The lowest BCUT2D eigenvalue weighted by Gasteiger charge is -2.14. The lowest BCUT2D eigenvalue weighted by molar-refractivity contribution is -0.115. The van der Waals surface area contributed by atoms with E-state index in [4.69, 9.17) is 4.98 Å². The fraction of sp³-hybridized carbons (Fsp3) is 0.350. The van der Waals surface area contributed by atoms with Crippen molar-refractivity contribution in [1.29, 1.82) is 0 Å². The number of thiophene rings is 1. The van der Waals surface area contributed by atoms with Crippen LogP contribution in [0, 0.1) is 6.92 Å². The van der Waals surface area contributed by atoms with Gasteiger partial charge >= 0.3 is 0 Å². The number of halogens is 1. The van der Waals surface area contributed by atoms with Gasteiger partial charge in [-0.3, -0.25) is 14.2 Å². The molecule has 0 aliphatic heterocycles. The molecule has 2 aromatic heterocycles. The van der Waals surface area contributed by atoms with Crippen LogP contribution in [-0.4, -0.2) is 20.7 Å². The highest BCUT2D eigenvalue weighted by atomic mass is 79.9. The van der Waals surface area contributed by atoms with Crippen molar-refractivity contribution in [3.63, 3.8) is 0 Å². The number of hydrogen-bond donors (Lipinski definition) is 1. The summed E-state index contributed by atoms with van der Waals surface area (Å²) in [6.07, 6.45) is 3.11. The molecule has 0 saturated carbocycles. The summed E-state index contributed by atoms with van der Waals surface area (Å²) >= 11 is 6.41. The summed E-state index contributed by atoms with van der Waals surface area (Å²) in [5.74, 6) is -0.127. The fourth-order valence-electron chi connectivity index (χ4n) is 3.38. The minimum Gasteiger partial charge on any atom is -0.324 e. The highest BCUT2D eigenvalue weighted by molar-refractivity contribution is 9.10. The number of aromatic nitrogens is 2. The second-order valence-electron chi connectivity index (χ2n) is 7.03. The Hall–Kier alpha value is -1.64. The third-order valence-electron chi connectivity index (χ3n) is 4.94. The lowest BCUT2D eigenvalue weighted by Crippen LogP contribution is -2.25. The predicted octanol–water partition coefficient (Wildman–Crippen LogP) is 4.67. The van der Waals surface area contributed by atoms with Gasteiger partial charge in [-0.2, -0.15) is 0 Å². The van der Waals surface area contributed by atoms with E-state index in [1.807, 2.05) is 32.0 Å². The summed E-state index contributed by atoms with van der Waals surface area (Å²) in [6.45, 7) is 3.82. The monoisotopic (exact) mass is 477 g/mol. The van der Waals surface area contributed by atoms with Crippen LogP contribution in [0.25, 0.3) is 10.2 Å². The first kappa shape index (κ1) is 19.7. The van der Waals surface area contributed by atoms with Gasteiger partial charge in [-0.05, 0) is 72.3 Å². The van der Waals surface area contributed by atoms with E-state index in [0.717, 1.165) is 45.2 Å². The van der Waals surface area contributed by atoms with Crippen molar-refractivity contribution in [2.45, 2.75) is 43.5 Å². The molecular weight excluding hydrogens is 458 g/mol. The van der Waals surface area contributed by atoms with Crippen molar-refractivity contribution >= 4 is 60.8 Å². The highest BCUT2D eigenvalue weighted by Crippen LogP contribution is 2.36. The van der Waals surface area contributed by atoms with Crippen LogP contribution >= 0.6 is 39.0 Å². The van der Waals surface area contributed by atoms with Gasteiger partial charge in [0, 0.05) is 16.4 Å². The first-order valence-corrected chi connectivity index (χ1v) is 11.6. The Labute approximate surface area is 179 Å². The van der Waals surface area contributed by atoms with Crippen molar-refractivity contribution < 1.29 is 4.79 Å². The Morgan fingerprint density at radius 3 is 2.93 bits per heavy atom. The zero-order valence-electron chi connectivity index (χ0n) is 15.8. The first-order valence-electron chi connectivity index (χ1n) is 9.10. The quantitative estimate of drug-likeness (QED) is 0.437. The molecule has 0 fully saturated rings. The van der Waals surface area contributed by atoms with Crippen LogP contribution in [0.15, 0.2) is 32.6 Å². The molecule has 3 aromatic rings. The molecule has 4 rings (SSSR count). The van der Waals surface area contributed by atoms with Gasteiger partial charge in [-0.1, -0.05) is 17.8 Å². The molecule has 5 nitrogen and oxygen atoms in total. The van der Waals surface area contributed by atoms with E-state index >= 15 is 0 Å². The standard InChI is InChI=1S/C20H20BrN3O2S2/c1-10-7-8-14(13(21)9-10)22-17(25)11(2)27-20-23-18-16(19(26)24(20)3)12-5-4-6-15(12)28-18/h7-9,11H,4-6H2,1-3H3,(H,22,25). The van der Waals surface area contributed by atoms with E-state index in [-0.39, 0.29) is 11.5 Å². The van der Waals surface area contributed by atoms with Crippen LogP contribution in [0.4, 0.5) is 5.69 Å². The maximum Gasteiger partial charge on any atom is 0.262 e. The number of nitrogens with zero attached hydrogens (tertiary/aromatic N) is 2. The Bertz CT molecular complexity index is 1150. The van der Waals surface area contributed by atoms with Crippen molar-refractivity contribution in [2.24, 2.45) is 7.05 Å². The average molecular weight is 478 g/mol. The first-order chi connectivity index (χ1) is 13.3. The normalized spacial score (nSPS) is 14.3. The number of rotatable bonds is 4. The van der Waals surface area contributed by atoms with E-state index < -0.39 is 5.25 Å². The largest absolute Gasteiger partial charge is 0.324 e. The molecule has 0 spiro atoms. The summed E-state index contributed by atoms with van der Waals surface area (Å²) in [5, 5.41) is 3.89. The SMILES string of the molecule is Cc1ccc(NC(=O)C(C)Sc2nc3sc4c(c3c(=O)n2C)CCC4)c(Br)c1. The Balaban J connectivity index is 1.58. The fourth-order valence-corrected chi connectivity index (χ4v) is 6.15. The third kappa shape index (κ3) is 3.53. The highest BCUT2D eigenvalue weighted by Gasteiger charge is 2.24. The summed E-state index contributed by atoms with van der Waals surface area (Å²) in [4.78, 5) is 32.4. The Kier molecular flexibility index (Phi) is 5.37. The number of carbonyl (C=O) groups is 1. The van der Waals surface area contributed by atoms with Crippen LogP contribution in [0.1, 0.15) is 29.3 Å². The summed E-state index contributed by atoms with van der Waals surface area (Å²) in [7, 11) is 1.73. The van der Waals surface area contributed by atoms with E-state index in [9.17, 15) is 9.59 Å². The average Bonchev–Trinajstić information content (AvgIpc) is 3.22. The van der Waals surface area contributed by atoms with Gasteiger partial charge in [0.1, 0.15) is 4.83 Å². The number of benzene rings is 1. The summed E-state index contributed by atoms with van der Waals surface area (Å²) in [6, 6.07) is 5.79. The zero-order chi connectivity index (χ0) is 20.0. The molecule has 8 heteroatoms. The Morgan fingerprint density at radius 2 is 2.18 bits per heavy atom. The van der Waals surface area contributed by atoms with Crippen molar-refractivity contribution in [1.82, 2.24) is 9.55 Å². The molecule has 0 radical (unpaired) electrons. The second-order valence-corrected chi connectivity index (χ2v) is 10.3. The van der Waals surface area contributed by atoms with E-state index in [2.05, 4.69) is 21.2 Å². The van der Waals surface area contributed by atoms with Gasteiger partial charge in [-0.15, -0.1) is 11.3 Å². The van der Waals surface area contributed by atoms with Crippen LogP contribution in [0.5, 0.6) is 0 Å². The van der Waals surface area contributed by atoms with Gasteiger partial charge in [0.15, 0.2) is 5.16 Å². The maximum atomic E-state index is 12.9. The molecule has 1 aromatic carbocycles. The van der Waals surface area contributed by atoms with E-state index in [1.165, 1.54) is 22.2 Å². The number of thioether (sulfide) groups is 1. The van der Waals surface area contributed by atoms with Gasteiger partial charge in [-0.25, -0.2) is 4.98 Å². The minimum atomic E-state index is -0.393. The molecule has 1 amide bonds. The van der Waals surface area contributed by atoms with Gasteiger partial charge < -0.3 is 5.32 Å². The van der Waals surface area contributed by atoms with Crippen molar-refractivity contribution in [3.05, 3.63) is 49.0 Å². The van der Waals surface area contributed by atoms with Crippen LogP contribution in [0.3, 0.4) is 0 Å². The molecule has 0 saturated heterocycles. The smallest absolute Gasteiger partial charge is 0.262 e. The second kappa shape index (κ2) is 7.65. The number of carbonyl (C=O) groups excluding carboxylic acids is 1. The van der Waals surface area contributed by atoms with Crippen molar-refractivity contribution in [2.75, 3.05) is 5.32 Å². The number of hydrogen-bond acceptors (Lipinski definition) is 5. The number of fused-ring (bicyclic) bond motifs is 3. The Morgan fingerprint density at radius 1 is 1.39 bits per heavy atom. The van der Waals surface area contributed by atoms with Crippen LogP contribution in [-0.2, 0) is 24.7 Å². The van der Waals surface area contributed by atoms with Crippen LogP contribution in [0.2, 0.25) is 0 Å². The number of aryl methyl sites for hydroxylation is 3. The number of amides is 1. The van der Waals surface area contributed by atoms with Gasteiger partial charge in [0.25, 0.3) is 5.56 Å². The predicted molar refractivity (Wildman–Crippen MR) is 120 cm³/mol. The number of anilines is 1. The van der Waals surface area contributed by atoms with Crippen molar-refractivity contribution in [3.8, 4) is 0 Å². The summed E-state index contributed by atoms with van der Waals surface area (Å²) < 4.78 is 2.42. The summed E-state index contributed by atoms with van der Waals surface area (Å²) in [5.41, 5.74) is 3.01. The molecule has 1 unspecified atom stereocenters. The molecule has 0 bridgehead atoms. The lowest BCUT2D eigenvalue weighted by atomic mass is 10.2. The molecule has 28 heavy (non-hydrogen) atoms. The van der Waals surface area contributed by atoms with Gasteiger partial charge in [0.2, 0.25) is 5.91 Å². The molecule has 1 atom stereocenters. The van der Waals surface area contributed by atoms with Crippen LogP contribution < -0.4 is 10.9 Å². The van der Waals surface area contributed by atoms with E-state index in [0.29, 0.717) is 5.16 Å². The third-order valence-corrected chi connectivity index (χ3v) is 7.92. The van der Waals surface area contributed by atoms with Gasteiger partial charge in [0.05, 0.1) is 16.3 Å². The molecular formula is C20H20BrN3O2S2. The topological polar surface area (TPSA) is 64.0 Å². The number of nitrogens with one attached hydrogen (secondary N) is 1. The maximum absolute atomic E-state index is 12.9. The molecule has 1 aliphatic carbocycles. The molecule has 146 valence electrons.